The molecule has 1 aliphatic heterocycles. The molecule has 2 heterocycles. The van der Waals surface area contributed by atoms with Crippen molar-refractivity contribution in [3.63, 3.8) is 0 Å². The van der Waals surface area contributed by atoms with Crippen molar-refractivity contribution in [1.29, 1.82) is 0 Å². The molecule has 7 nitrogen and oxygen atoms in total. The molecule has 0 bridgehead atoms. The monoisotopic (exact) mass is 300 g/mol. The number of benzene rings is 1. The van der Waals surface area contributed by atoms with Gasteiger partial charge in [0.05, 0.1) is 5.69 Å². The Morgan fingerprint density at radius 2 is 2.14 bits per heavy atom. The highest BCUT2D eigenvalue weighted by Gasteiger charge is 2.26. The maximum absolute atomic E-state index is 12.6. The van der Waals surface area contributed by atoms with Gasteiger partial charge >= 0.3 is 0 Å². The van der Waals surface area contributed by atoms with Gasteiger partial charge in [-0.1, -0.05) is 0 Å². The summed E-state index contributed by atoms with van der Waals surface area (Å²) in [5.74, 6) is 0.451. The second-order valence-electron chi connectivity index (χ2n) is 5.81. The maximum atomic E-state index is 12.6. The average Bonchev–Trinajstić information content (AvgIpc) is 3.09. The molecule has 1 saturated heterocycles. The minimum atomic E-state index is 0.0635. The van der Waals surface area contributed by atoms with E-state index >= 15 is 0 Å². The van der Waals surface area contributed by atoms with Crippen molar-refractivity contribution in [2.24, 2.45) is 11.7 Å². The number of amides is 1. The van der Waals surface area contributed by atoms with Crippen LogP contribution < -0.4 is 5.73 Å². The molecule has 2 atom stereocenters. The molecule has 0 saturated carbocycles. The molecule has 22 heavy (non-hydrogen) atoms. The van der Waals surface area contributed by atoms with Crippen molar-refractivity contribution >= 4 is 5.91 Å². The number of nitrogens with zero attached hydrogens (tertiary/aromatic N) is 5. The third-order valence-corrected chi connectivity index (χ3v) is 4.22. The van der Waals surface area contributed by atoms with Gasteiger partial charge in [0.15, 0.2) is 0 Å². The molecule has 3 rings (SSSR count). The number of carbonyl (C=O) groups excluding carboxylic acids is 1. The quantitative estimate of drug-likeness (QED) is 0.908. The van der Waals surface area contributed by atoms with Crippen LogP contribution in [0.4, 0.5) is 0 Å². The van der Waals surface area contributed by atoms with Crippen LogP contribution >= 0.6 is 0 Å². The normalized spacial score (nSPS) is 19.9. The fraction of sp³-hybridized carbons (Fsp3) is 0.467. The Morgan fingerprint density at radius 3 is 2.77 bits per heavy atom. The molecule has 2 N–H and O–H groups in total. The number of aromatic nitrogens is 4. The van der Waals surface area contributed by atoms with Gasteiger partial charge in [-0.15, -0.1) is 5.10 Å². The van der Waals surface area contributed by atoms with Crippen LogP contribution in [0.3, 0.4) is 0 Å². The zero-order chi connectivity index (χ0) is 15.5. The van der Waals surface area contributed by atoms with Crippen molar-refractivity contribution in [2.45, 2.75) is 25.8 Å². The van der Waals surface area contributed by atoms with E-state index in [1.54, 1.807) is 4.68 Å². The zero-order valence-corrected chi connectivity index (χ0v) is 12.6. The number of nitrogens with two attached hydrogens (primary N) is 1. The van der Waals surface area contributed by atoms with Crippen LogP contribution in [0.15, 0.2) is 30.6 Å². The molecule has 1 fully saturated rings. The smallest absolute Gasteiger partial charge is 0.253 e. The number of rotatable bonds is 3. The second kappa shape index (κ2) is 6.23. The molecule has 1 amide bonds. The molecule has 2 aromatic rings. The van der Waals surface area contributed by atoms with E-state index in [4.69, 9.17) is 5.73 Å². The number of carbonyl (C=O) groups is 1. The summed E-state index contributed by atoms with van der Waals surface area (Å²) < 4.78 is 1.56. The zero-order valence-electron chi connectivity index (χ0n) is 12.6. The number of likely N-dealkylation sites (tertiary alicyclic amines) is 1. The molecule has 1 aromatic heterocycles. The van der Waals surface area contributed by atoms with Crippen LogP contribution in [0.2, 0.25) is 0 Å². The van der Waals surface area contributed by atoms with E-state index < -0.39 is 0 Å². The van der Waals surface area contributed by atoms with Crippen molar-refractivity contribution in [3.05, 3.63) is 36.2 Å². The van der Waals surface area contributed by atoms with Gasteiger partial charge in [0, 0.05) is 24.7 Å². The molecule has 1 aromatic carbocycles. The first-order valence-corrected chi connectivity index (χ1v) is 7.53. The summed E-state index contributed by atoms with van der Waals surface area (Å²) in [5.41, 5.74) is 7.49. The van der Waals surface area contributed by atoms with Crippen molar-refractivity contribution < 1.29 is 4.79 Å². The third kappa shape index (κ3) is 2.99. The van der Waals surface area contributed by atoms with E-state index in [2.05, 4.69) is 15.5 Å². The van der Waals surface area contributed by atoms with Crippen LogP contribution in [-0.4, -0.2) is 50.1 Å². The molecular formula is C15H20N6O. The SMILES string of the molecule is CC(N)C1CCCN(C(=O)c2ccc(-n3cnnn3)cc2)C1. The summed E-state index contributed by atoms with van der Waals surface area (Å²) in [7, 11) is 0. The fourth-order valence-corrected chi connectivity index (χ4v) is 2.84. The molecule has 116 valence electrons. The van der Waals surface area contributed by atoms with Gasteiger partial charge in [-0.2, -0.15) is 0 Å². The van der Waals surface area contributed by atoms with E-state index in [9.17, 15) is 4.79 Å². The molecule has 7 heteroatoms. The summed E-state index contributed by atoms with van der Waals surface area (Å²) in [6.07, 6.45) is 3.63. The lowest BCUT2D eigenvalue weighted by molar-refractivity contribution is 0.0661. The van der Waals surface area contributed by atoms with Crippen molar-refractivity contribution in [2.75, 3.05) is 13.1 Å². The van der Waals surface area contributed by atoms with Crippen LogP contribution in [0.25, 0.3) is 5.69 Å². The van der Waals surface area contributed by atoms with Crippen molar-refractivity contribution in [3.8, 4) is 5.69 Å². The topological polar surface area (TPSA) is 89.9 Å². The lowest BCUT2D eigenvalue weighted by Crippen LogP contribution is -2.45. The van der Waals surface area contributed by atoms with Gasteiger partial charge in [-0.25, -0.2) is 4.68 Å². The minimum Gasteiger partial charge on any atom is -0.338 e. The van der Waals surface area contributed by atoms with Crippen LogP contribution in [0.5, 0.6) is 0 Å². The fourth-order valence-electron chi connectivity index (χ4n) is 2.84. The van der Waals surface area contributed by atoms with Gasteiger partial charge in [-0.3, -0.25) is 4.79 Å². The Balaban J connectivity index is 1.72. The summed E-state index contributed by atoms with van der Waals surface area (Å²) in [5, 5.41) is 11.0. The summed E-state index contributed by atoms with van der Waals surface area (Å²) in [6.45, 7) is 3.56. The predicted octanol–water partition coefficient (Wildman–Crippen LogP) is 0.862. The van der Waals surface area contributed by atoms with Crippen molar-refractivity contribution in [1.82, 2.24) is 25.1 Å². The molecule has 0 spiro atoms. The standard InChI is InChI=1S/C15H20N6O/c1-11(16)13-3-2-8-20(9-13)15(22)12-4-6-14(7-5-12)21-10-17-18-19-21/h4-7,10-11,13H,2-3,8-9,16H2,1H3. The Bertz CT molecular complexity index is 622. The second-order valence-corrected chi connectivity index (χ2v) is 5.81. The highest BCUT2D eigenvalue weighted by Crippen LogP contribution is 2.21. The maximum Gasteiger partial charge on any atom is 0.253 e. The Morgan fingerprint density at radius 1 is 1.36 bits per heavy atom. The number of piperidine rings is 1. The van der Waals surface area contributed by atoms with Gasteiger partial charge in [0.2, 0.25) is 0 Å². The van der Waals surface area contributed by atoms with Crippen LogP contribution in [0, 0.1) is 5.92 Å². The first kappa shape index (κ1) is 14.6. The molecule has 1 aliphatic rings. The number of hydrogen-bond acceptors (Lipinski definition) is 5. The molecular weight excluding hydrogens is 280 g/mol. The van der Waals surface area contributed by atoms with E-state index in [1.807, 2.05) is 36.1 Å². The number of tetrazole rings is 1. The minimum absolute atomic E-state index is 0.0635. The first-order valence-electron chi connectivity index (χ1n) is 7.53. The van der Waals surface area contributed by atoms with E-state index in [-0.39, 0.29) is 11.9 Å². The lowest BCUT2D eigenvalue weighted by atomic mass is 9.92. The van der Waals surface area contributed by atoms with Gasteiger partial charge in [-0.05, 0) is 60.4 Å². The third-order valence-electron chi connectivity index (χ3n) is 4.22. The summed E-state index contributed by atoms with van der Waals surface area (Å²) in [6, 6.07) is 7.44. The largest absolute Gasteiger partial charge is 0.338 e. The highest BCUT2D eigenvalue weighted by atomic mass is 16.2. The Kier molecular flexibility index (Phi) is 4.15. The first-order chi connectivity index (χ1) is 10.6. The van der Waals surface area contributed by atoms with E-state index in [1.165, 1.54) is 6.33 Å². The van der Waals surface area contributed by atoms with Gasteiger partial charge in [0.1, 0.15) is 6.33 Å². The molecule has 0 aliphatic carbocycles. The predicted molar refractivity (Wildman–Crippen MR) is 81.4 cm³/mol. The lowest BCUT2D eigenvalue weighted by Gasteiger charge is -2.34. The average molecular weight is 300 g/mol. The molecule has 2 unspecified atom stereocenters. The van der Waals surface area contributed by atoms with Gasteiger partial charge < -0.3 is 10.6 Å². The number of hydrogen-bond donors (Lipinski definition) is 1. The molecule has 0 radical (unpaired) electrons. The highest BCUT2D eigenvalue weighted by molar-refractivity contribution is 5.94. The Labute approximate surface area is 129 Å². The summed E-state index contributed by atoms with van der Waals surface area (Å²) >= 11 is 0. The summed E-state index contributed by atoms with van der Waals surface area (Å²) in [4.78, 5) is 14.5. The Hall–Kier alpha value is -2.28. The van der Waals surface area contributed by atoms with Crippen LogP contribution in [-0.2, 0) is 0 Å². The van der Waals surface area contributed by atoms with E-state index in [0.717, 1.165) is 31.6 Å². The van der Waals surface area contributed by atoms with E-state index in [0.29, 0.717) is 11.5 Å². The van der Waals surface area contributed by atoms with Crippen LogP contribution in [0.1, 0.15) is 30.1 Å². The van der Waals surface area contributed by atoms with Gasteiger partial charge in [0.25, 0.3) is 5.91 Å².